The van der Waals surface area contributed by atoms with Crippen molar-refractivity contribution in [2.45, 2.75) is 57.8 Å². The molecule has 3 atom stereocenters. The molecule has 0 aliphatic carbocycles. The third kappa shape index (κ3) is 11.1. The van der Waals surface area contributed by atoms with Gasteiger partial charge in [-0.3, -0.25) is 19.2 Å². The van der Waals surface area contributed by atoms with E-state index in [0.717, 1.165) is 11.1 Å². The van der Waals surface area contributed by atoms with Crippen molar-refractivity contribution in [2.24, 2.45) is 5.92 Å². The molecule has 0 bridgehead atoms. The minimum Gasteiger partial charge on any atom is -0.350 e. The summed E-state index contributed by atoms with van der Waals surface area (Å²) in [4.78, 5) is 50.5. The molecule has 0 aliphatic heterocycles. The van der Waals surface area contributed by atoms with Gasteiger partial charge in [0.2, 0.25) is 24.1 Å². The lowest BCUT2D eigenvalue weighted by Crippen LogP contribution is -2.57. The van der Waals surface area contributed by atoms with Crippen molar-refractivity contribution in [3.8, 4) is 0 Å². The fourth-order valence-electron chi connectivity index (χ4n) is 3.82. The van der Waals surface area contributed by atoms with Crippen LogP contribution in [0.25, 0.3) is 0 Å². The van der Waals surface area contributed by atoms with E-state index in [1.807, 2.05) is 80.8 Å². The summed E-state index contributed by atoms with van der Waals surface area (Å²) in [6, 6.07) is 16.6. The van der Waals surface area contributed by atoms with Crippen molar-refractivity contribution in [2.75, 3.05) is 12.0 Å². The fourth-order valence-corrected chi connectivity index (χ4v) is 4.29. The Morgan fingerprint density at radius 1 is 0.811 bits per heavy atom. The van der Waals surface area contributed by atoms with E-state index in [9.17, 15) is 19.2 Å². The Morgan fingerprint density at radius 3 is 1.95 bits per heavy atom. The van der Waals surface area contributed by atoms with Crippen LogP contribution in [0.15, 0.2) is 60.7 Å². The predicted molar refractivity (Wildman–Crippen MR) is 148 cm³/mol. The molecule has 0 spiro atoms. The Labute approximate surface area is 223 Å². The molecule has 2 aromatic carbocycles. The monoisotopic (exact) mass is 526 g/mol. The molecule has 9 heteroatoms. The number of thioether (sulfide) groups is 1. The van der Waals surface area contributed by atoms with Gasteiger partial charge >= 0.3 is 0 Å². The van der Waals surface area contributed by atoms with E-state index in [2.05, 4.69) is 21.3 Å². The largest absolute Gasteiger partial charge is 0.350 e. The van der Waals surface area contributed by atoms with E-state index < -0.39 is 29.9 Å². The molecule has 0 saturated carbocycles. The highest BCUT2D eigenvalue weighted by Gasteiger charge is 2.29. The number of hydrogen-bond donors (Lipinski definition) is 4. The van der Waals surface area contributed by atoms with E-state index >= 15 is 0 Å². The average Bonchev–Trinajstić information content (AvgIpc) is 2.89. The molecular weight excluding hydrogens is 488 g/mol. The molecule has 0 fully saturated rings. The maximum atomic E-state index is 13.4. The summed E-state index contributed by atoms with van der Waals surface area (Å²) in [7, 11) is 0. The third-order valence-electron chi connectivity index (χ3n) is 5.76. The Morgan fingerprint density at radius 2 is 1.38 bits per heavy atom. The second-order valence-corrected chi connectivity index (χ2v) is 10.2. The molecule has 4 N–H and O–H groups in total. The number of carbonyl (C=O) groups is 4. The molecule has 2 aromatic rings. The van der Waals surface area contributed by atoms with Gasteiger partial charge in [-0.15, -0.1) is 0 Å². The molecule has 37 heavy (non-hydrogen) atoms. The van der Waals surface area contributed by atoms with Crippen molar-refractivity contribution in [3.63, 3.8) is 0 Å². The first kappa shape index (κ1) is 29.9. The first-order valence-corrected chi connectivity index (χ1v) is 13.9. The van der Waals surface area contributed by atoms with Crippen molar-refractivity contribution < 1.29 is 19.2 Å². The van der Waals surface area contributed by atoms with Crippen molar-refractivity contribution in [3.05, 3.63) is 71.8 Å². The minimum atomic E-state index is -0.849. The van der Waals surface area contributed by atoms with Crippen molar-refractivity contribution >= 4 is 35.9 Å². The number of carbonyl (C=O) groups excluding carboxylic acids is 4. The molecule has 0 saturated heterocycles. The zero-order valence-electron chi connectivity index (χ0n) is 21.7. The number of amides is 4. The highest BCUT2D eigenvalue weighted by Crippen LogP contribution is 2.10. The lowest BCUT2D eigenvalue weighted by molar-refractivity contribution is -0.133. The predicted octanol–water partition coefficient (Wildman–Crippen LogP) is 2.43. The first-order chi connectivity index (χ1) is 17.8. The molecule has 4 amide bonds. The molecule has 0 unspecified atom stereocenters. The summed E-state index contributed by atoms with van der Waals surface area (Å²) < 4.78 is 0. The summed E-state index contributed by atoms with van der Waals surface area (Å²) in [5.74, 6) is -0.376. The molecular formula is C28H38N4O4S. The summed E-state index contributed by atoms with van der Waals surface area (Å²) in [5.41, 5.74) is 1.85. The van der Waals surface area contributed by atoms with E-state index in [4.69, 9.17) is 0 Å². The van der Waals surface area contributed by atoms with Gasteiger partial charge in [0, 0.05) is 13.0 Å². The Bertz CT molecular complexity index is 988. The van der Waals surface area contributed by atoms with Crippen LogP contribution in [-0.2, 0) is 32.1 Å². The van der Waals surface area contributed by atoms with Crippen molar-refractivity contribution in [1.29, 1.82) is 0 Å². The fraction of sp³-hybridized carbons (Fsp3) is 0.429. The standard InChI is InChI=1S/C28H38N4O4S/c1-20(2)16-24(31-27(35)23(30-19-33)14-15-37-3)28(36)32-25(17-21-10-6-4-7-11-21)26(34)29-18-22-12-8-5-9-13-22/h4-13,19-20,23-25H,14-18H2,1-3H3,(H,29,34)(H,30,33)(H,31,35)(H,32,36)/t23-,24-,25-/m0/s1. The Hall–Kier alpha value is -3.33. The molecule has 8 nitrogen and oxygen atoms in total. The Kier molecular flexibility index (Phi) is 13.3. The molecule has 0 aliphatic rings. The number of benzene rings is 2. The summed E-state index contributed by atoms with van der Waals surface area (Å²) in [6.45, 7) is 4.24. The van der Waals surface area contributed by atoms with Crippen LogP contribution in [0.1, 0.15) is 37.8 Å². The van der Waals surface area contributed by atoms with Gasteiger partial charge in [0.05, 0.1) is 0 Å². The Balaban J connectivity index is 2.16. The second-order valence-electron chi connectivity index (χ2n) is 9.26. The number of nitrogens with one attached hydrogen (secondary N) is 4. The topological polar surface area (TPSA) is 116 Å². The minimum absolute atomic E-state index is 0.110. The zero-order chi connectivity index (χ0) is 27.0. The smallest absolute Gasteiger partial charge is 0.243 e. The second kappa shape index (κ2) is 16.4. The summed E-state index contributed by atoms with van der Waals surface area (Å²) >= 11 is 1.56. The van der Waals surface area contributed by atoms with Gasteiger partial charge in [0.1, 0.15) is 18.1 Å². The van der Waals surface area contributed by atoms with Gasteiger partial charge < -0.3 is 21.3 Å². The van der Waals surface area contributed by atoms with E-state index in [1.165, 1.54) is 0 Å². The van der Waals surface area contributed by atoms with Crippen LogP contribution in [0.4, 0.5) is 0 Å². The number of rotatable bonds is 16. The normalized spacial score (nSPS) is 13.2. The first-order valence-electron chi connectivity index (χ1n) is 12.5. The quantitative estimate of drug-likeness (QED) is 0.251. The van der Waals surface area contributed by atoms with Crippen LogP contribution in [0, 0.1) is 5.92 Å². The van der Waals surface area contributed by atoms with Gasteiger partial charge in [-0.25, -0.2) is 0 Å². The average molecular weight is 527 g/mol. The van der Waals surface area contributed by atoms with Gasteiger partial charge in [-0.1, -0.05) is 74.5 Å². The highest BCUT2D eigenvalue weighted by atomic mass is 32.2. The van der Waals surface area contributed by atoms with Crippen LogP contribution >= 0.6 is 11.8 Å². The van der Waals surface area contributed by atoms with Crippen molar-refractivity contribution in [1.82, 2.24) is 21.3 Å². The summed E-state index contributed by atoms with van der Waals surface area (Å²) in [5, 5.41) is 11.1. The van der Waals surface area contributed by atoms with E-state index in [-0.39, 0.29) is 11.8 Å². The van der Waals surface area contributed by atoms with Gasteiger partial charge in [0.25, 0.3) is 0 Å². The summed E-state index contributed by atoms with van der Waals surface area (Å²) in [6.07, 6.45) is 3.55. The SMILES string of the molecule is CSCC[C@H](NC=O)C(=O)N[C@@H](CC(C)C)C(=O)N[C@@H](Cc1ccccc1)C(=O)NCc1ccccc1. The third-order valence-corrected chi connectivity index (χ3v) is 6.41. The van der Waals surface area contributed by atoms with Crippen LogP contribution in [0.2, 0.25) is 0 Å². The van der Waals surface area contributed by atoms with Crippen LogP contribution in [-0.4, -0.2) is 54.3 Å². The van der Waals surface area contributed by atoms with Crippen LogP contribution < -0.4 is 21.3 Å². The van der Waals surface area contributed by atoms with E-state index in [0.29, 0.717) is 38.0 Å². The molecule has 2 rings (SSSR count). The van der Waals surface area contributed by atoms with Gasteiger partial charge in [0.15, 0.2) is 0 Å². The molecule has 200 valence electrons. The lowest BCUT2D eigenvalue weighted by atomic mass is 10.0. The molecule has 0 heterocycles. The number of hydrogen-bond acceptors (Lipinski definition) is 5. The van der Waals surface area contributed by atoms with Crippen LogP contribution in [0.3, 0.4) is 0 Å². The maximum absolute atomic E-state index is 13.4. The zero-order valence-corrected chi connectivity index (χ0v) is 22.6. The van der Waals surface area contributed by atoms with E-state index in [1.54, 1.807) is 11.8 Å². The van der Waals surface area contributed by atoms with Crippen LogP contribution in [0.5, 0.6) is 0 Å². The molecule has 0 radical (unpaired) electrons. The lowest BCUT2D eigenvalue weighted by Gasteiger charge is -2.26. The van der Waals surface area contributed by atoms with Gasteiger partial charge in [-0.2, -0.15) is 11.8 Å². The molecule has 0 aromatic heterocycles. The van der Waals surface area contributed by atoms with Gasteiger partial charge in [-0.05, 0) is 41.9 Å². The highest BCUT2D eigenvalue weighted by molar-refractivity contribution is 7.98. The maximum Gasteiger partial charge on any atom is 0.243 e.